The lowest BCUT2D eigenvalue weighted by Crippen LogP contribution is -2.34. The summed E-state index contributed by atoms with van der Waals surface area (Å²) in [5.74, 6) is -3.61. The second-order valence-electron chi connectivity index (χ2n) is 5.38. The van der Waals surface area contributed by atoms with Crippen molar-refractivity contribution in [3.63, 3.8) is 0 Å². The summed E-state index contributed by atoms with van der Waals surface area (Å²) in [4.78, 5) is 3.03. The smallest absolute Gasteiger partial charge is 0.195 e. The number of aromatic nitrogens is 1. The van der Waals surface area contributed by atoms with E-state index in [-0.39, 0.29) is 11.4 Å². The van der Waals surface area contributed by atoms with E-state index in [2.05, 4.69) is 17.2 Å². The molecule has 0 spiro atoms. The number of hydrogen-bond donors (Lipinski definition) is 2. The molecule has 1 aromatic heterocycles. The van der Waals surface area contributed by atoms with Crippen LogP contribution in [0.25, 0.3) is 10.9 Å². The number of H-pyrrole nitrogens is 1. The Morgan fingerprint density at radius 2 is 2.10 bits per heavy atom. The van der Waals surface area contributed by atoms with Crippen LogP contribution in [0.15, 0.2) is 6.07 Å². The van der Waals surface area contributed by atoms with Crippen molar-refractivity contribution < 1.29 is 13.2 Å². The molecule has 5 heteroatoms. The van der Waals surface area contributed by atoms with Gasteiger partial charge in [0.15, 0.2) is 17.5 Å². The predicted octanol–water partition coefficient (Wildman–Crippen LogP) is 3.44. The van der Waals surface area contributed by atoms with E-state index < -0.39 is 17.5 Å². The van der Waals surface area contributed by atoms with Crippen molar-refractivity contribution in [1.29, 1.82) is 0 Å². The van der Waals surface area contributed by atoms with Gasteiger partial charge in [0.25, 0.3) is 0 Å². The number of aryl methyl sites for hydroxylation is 1. The van der Waals surface area contributed by atoms with Crippen molar-refractivity contribution in [2.24, 2.45) is 0 Å². The van der Waals surface area contributed by atoms with Crippen LogP contribution in [0.1, 0.15) is 31.0 Å². The third-order valence-corrected chi connectivity index (χ3v) is 3.99. The highest BCUT2D eigenvalue weighted by atomic mass is 19.2. The first-order valence-electron chi connectivity index (χ1n) is 7.02. The fourth-order valence-corrected chi connectivity index (χ4v) is 3.01. The third-order valence-electron chi connectivity index (χ3n) is 3.99. The number of fused-ring (bicyclic) bond motifs is 3. The van der Waals surface area contributed by atoms with Gasteiger partial charge in [0.2, 0.25) is 0 Å². The van der Waals surface area contributed by atoms with E-state index in [0.29, 0.717) is 11.9 Å². The summed E-state index contributed by atoms with van der Waals surface area (Å²) < 4.78 is 40.7. The van der Waals surface area contributed by atoms with E-state index in [0.717, 1.165) is 43.1 Å². The van der Waals surface area contributed by atoms with Crippen LogP contribution in [0, 0.1) is 17.5 Å². The molecule has 0 fully saturated rings. The monoisotopic (exact) mass is 282 g/mol. The molecule has 3 rings (SSSR count). The molecule has 108 valence electrons. The second-order valence-corrected chi connectivity index (χ2v) is 5.38. The van der Waals surface area contributed by atoms with Gasteiger partial charge in [0, 0.05) is 23.2 Å². The average Bonchev–Trinajstić information content (AvgIpc) is 2.80. The van der Waals surface area contributed by atoms with Crippen molar-refractivity contribution >= 4 is 10.9 Å². The third kappa shape index (κ3) is 2.10. The van der Waals surface area contributed by atoms with Gasteiger partial charge in [-0.05, 0) is 37.8 Å². The zero-order valence-electron chi connectivity index (χ0n) is 11.3. The SMILES string of the molecule is CCCNC1CCc2[nH]c3cc(F)c(F)c(F)c3c2C1. The first-order chi connectivity index (χ1) is 9.61. The van der Waals surface area contributed by atoms with Crippen molar-refractivity contribution in [2.45, 2.75) is 38.6 Å². The molecular formula is C15H17F3N2. The van der Waals surface area contributed by atoms with Gasteiger partial charge >= 0.3 is 0 Å². The van der Waals surface area contributed by atoms with Crippen LogP contribution in [-0.4, -0.2) is 17.6 Å². The summed E-state index contributed by atoms with van der Waals surface area (Å²) in [5.41, 5.74) is 2.04. The molecule has 0 aliphatic heterocycles. The van der Waals surface area contributed by atoms with E-state index in [1.807, 2.05) is 0 Å². The Morgan fingerprint density at radius 1 is 1.30 bits per heavy atom. The molecule has 0 bridgehead atoms. The summed E-state index contributed by atoms with van der Waals surface area (Å²) in [6.07, 6.45) is 3.41. The van der Waals surface area contributed by atoms with Gasteiger partial charge in [-0.3, -0.25) is 0 Å². The van der Waals surface area contributed by atoms with Crippen LogP contribution in [0.4, 0.5) is 13.2 Å². The highest BCUT2D eigenvalue weighted by molar-refractivity contribution is 5.86. The quantitative estimate of drug-likeness (QED) is 0.829. The van der Waals surface area contributed by atoms with E-state index >= 15 is 0 Å². The van der Waals surface area contributed by atoms with Crippen LogP contribution >= 0.6 is 0 Å². The predicted molar refractivity (Wildman–Crippen MR) is 72.3 cm³/mol. The average molecular weight is 282 g/mol. The molecule has 0 saturated heterocycles. The zero-order chi connectivity index (χ0) is 14.3. The summed E-state index contributed by atoms with van der Waals surface area (Å²) >= 11 is 0. The van der Waals surface area contributed by atoms with Crippen LogP contribution < -0.4 is 5.32 Å². The van der Waals surface area contributed by atoms with Gasteiger partial charge in [-0.25, -0.2) is 13.2 Å². The second kappa shape index (κ2) is 5.13. The molecule has 1 heterocycles. The minimum Gasteiger partial charge on any atom is -0.358 e. The molecule has 1 atom stereocenters. The van der Waals surface area contributed by atoms with Gasteiger partial charge < -0.3 is 10.3 Å². The molecule has 2 aromatic rings. The van der Waals surface area contributed by atoms with E-state index in [1.54, 1.807) is 0 Å². The topological polar surface area (TPSA) is 27.8 Å². The molecule has 1 unspecified atom stereocenters. The van der Waals surface area contributed by atoms with E-state index in [9.17, 15) is 13.2 Å². The number of benzene rings is 1. The number of halogens is 3. The first-order valence-corrected chi connectivity index (χ1v) is 7.02. The summed E-state index contributed by atoms with van der Waals surface area (Å²) in [5, 5.41) is 3.62. The molecule has 0 amide bonds. The lowest BCUT2D eigenvalue weighted by Gasteiger charge is -2.23. The Kier molecular flexibility index (Phi) is 3.46. The highest BCUT2D eigenvalue weighted by Crippen LogP contribution is 2.32. The van der Waals surface area contributed by atoms with Crippen molar-refractivity contribution in [2.75, 3.05) is 6.54 Å². The maximum absolute atomic E-state index is 14.0. The minimum absolute atomic E-state index is 0.210. The molecule has 2 nitrogen and oxygen atoms in total. The summed E-state index contributed by atoms with van der Waals surface area (Å²) in [6, 6.07) is 1.31. The molecule has 1 aliphatic rings. The summed E-state index contributed by atoms with van der Waals surface area (Å²) in [6.45, 7) is 3.00. The fourth-order valence-electron chi connectivity index (χ4n) is 3.01. The van der Waals surface area contributed by atoms with Crippen LogP contribution in [0.2, 0.25) is 0 Å². The number of hydrogen-bond acceptors (Lipinski definition) is 1. The lowest BCUT2D eigenvalue weighted by atomic mass is 9.91. The lowest BCUT2D eigenvalue weighted by molar-refractivity contribution is 0.449. The number of nitrogens with one attached hydrogen (secondary N) is 2. The Morgan fingerprint density at radius 3 is 2.85 bits per heavy atom. The maximum Gasteiger partial charge on any atom is 0.195 e. The molecule has 0 radical (unpaired) electrons. The molecule has 2 N–H and O–H groups in total. The Labute approximate surface area is 115 Å². The Balaban J connectivity index is 2.04. The fraction of sp³-hybridized carbons (Fsp3) is 0.467. The molecule has 1 aliphatic carbocycles. The first kappa shape index (κ1) is 13.5. The van der Waals surface area contributed by atoms with Gasteiger partial charge in [0.05, 0.1) is 5.52 Å². The van der Waals surface area contributed by atoms with Crippen molar-refractivity contribution in [3.8, 4) is 0 Å². The van der Waals surface area contributed by atoms with Crippen LogP contribution in [0.3, 0.4) is 0 Å². The normalized spacial score (nSPS) is 18.5. The van der Waals surface area contributed by atoms with Crippen molar-refractivity contribution in [1.82, 2.24) is 10.3 Å². The van der Waals surface area contributed by atoms with Gasteiger partial charge in [-0.1, -0.05) is 6.92 Å². The minimum atomic E-state index is -1.39. The van der Waals surface area contributed by atoms with Gasteiger partial charge in [-0.15, -0.1) is 0 Å². The zero-order valence-corrected chi connectivity index (χ0v) is 11.3. The van der Waals surface area contributed by atoms with Gasteiger partial charge in [0.1, 0.15) is 0 Å². The number of rotatable bonds is 3. The van der Waals surface area contributed by atoms with Crippen LogP contribution in [-0.2, 0) is 12.8 Å². The number of aromatic amines is 1. The van der Waals surface area contributed by atoms with Crippen LogP contribution in [0.5, 0.6) is 0 Å². The van der Waals surface area contributed by atoms with Gasteiger partial charge in [-0.2, -0.15) is 0 Å². The molecule has 1 aromatic carbocycles. The van der Waals surface area contributed by atoms with E-state index in [4.69, 9.17) is 0 Å². The molecule has 0 saturated carbocycles. The standard InChI is InChI=1S/C15H17F3N2/c1-2-5-19-8-3-4-11-9(6-8)13-12(20-11)7-10(16)14(17)15(13)18/h7-8,19-20H,2-6H2,1H3. The maximum atomic E-state index is 14.0. The molecular weight excluding hydrogens is 265 g/mol. The Hall–Kier alpha value is -1.49. The van der Waals surface area contributed by atoms with Crippen molar-refractivity contribution in [3.05, 3.63) is 34.8 Å². The Bertz CT molecular complexity index is 648. The van der Waals surface area contributed by atoms with E-state index in [1.165, 1.54) is 0 Å². The largest absolute Gasteiger partial charge is 0.358 e. The molecule has 20 heavy (non-hydrogen) atoms. The highest BCUT2D eigenvalue weighted by Gasteiger charge is 2.26. The summed E-state index contributed by atoms with van der Waals surface area (Å²) in [7, 11) is 0.